The van der Waals surface area contributed by atoms with E-state index in [0.29, 0.717) is 5.56 Å². The van der Waals surface area contributed by atoms with E-state index in [1.54, 1.807) is 0 Å². The first-order valence-electron chi connectivity index (χ1n) is 25.7. The molecule has 0 radical (unpaired) electrons. The summed E-state index contributed by atoms with van der Waals surface area (Å²) >= 11 is 0. The number of nitrogens with zero attached hydrogens (tertiary/aromatic N) is 1. The number of aliphatic hydroxyl groups is 1. The van der Waals surface area contributed by atoms with E-state index in [2.05, 4.69) is 42.2 Å². The van der Waals surface area contributed by atoms with Gasteiger partial charge in [-0.2, -0.15) is 0 Å². The third kappa shape index (κ3) is 24.7. The van der Waals surface area contributed by atoms with Gasteiger partial charge in [0.1, 0.15) is 53.5 Å². The molecule has 0 aromatic heterocycles. The summed E-state index contributed by atoms with van der Waals surface area (Å²) in [6.07, 6.45) is -6.06. The topological polar surface area (TPSA) is 559 Å². The lowest BCUT2D eigenvalue weighted by Gasteiger charge is -2.27. The van der Waals surface area contributed by atoms with Crippen LogP contribution in [0.5, 0.6) is 17.2 Å². The third-order valence-electron chi connectivity index (χ3n) is 12.1. The molecule has 84 heavy (non-hydrogen) atoms. The number of aliphatic imine (C=N–C) groups is 1. The van der Waals surface area contributed by atoms with Crippen molar-refractivity contribution in [3.8, 4) is 17.2 Å². The van der Waals surface area contributed by atoms with Crippen LogP contribution >= 0.6 is 0 Å². The molecule has 0 saturated carbocycles. The number of amides is 9. The van der Waals surface area contributed by atoms with E-state index in [9.17, 15) is 93.3 Å². The van der Waals surface area contributed by atoms with Crippen molar-refractivity contribution < 1.29 is 93.3 Å². The first kappa shape index (κ1) is 68.2. The van der Waals surface area contributed by atoms with Crippen molar-refractivity contribution >= 4 is 77.0 Å². The molecule has 3 rings (SSSR count). The van der Waals surface area contributed by atoms with Gasteiger partial charge in [-0.3, -0.25) is 57.7 Å². The minimum atomic E-state index is -2.01. The van der Waals surface area contributed by atoms with Crippen LogP contribution in [0, 0.1) is 0 Å². The molecule has 0 aliphatic carbocycles. The summed E-state index contributed by atoms with van der Waals surface area (Å²) in [4.78, 5) is 161. The average Bonchev–Trinajstić information content (AvgIpc) is 3.59. The quantitative estimate of drug-likeness (QED) is 0.0148. The molecule has 3 aromatic carbocycles. The highest BCUT2D eigenvalue weighted by molar-refractivity contribution is 5.99. The van der Waals surface area contributed by atoms with Crippen LogP contribution in [0.15, 0.2) is 77.8 Å². The number of aromatic hydroxyl groups is 3. The summed E-state index contributed by atoms with van der Waals surface area (Å²) in [5, 5.41) is 86.9. The number of nitrogens with two attached hydrogens (primary N) is 4. The maximum absolute atomic E-state index is 14.4. The number of benzene rings is 3. The van der Waals surface area contributed by atoms with Gasteiger partial charge in [0.2, 0.25) is 53.2 Å². The summed E-state index contributed by atoms with van der Waals surface area (Å²) in [7, 11) is 0. The van der Waals surface area contributed by atoms with Crippen LogP contribution in [0.1, 0.15) is 62.1 Å². The van der Waals surface area contributed by atoms with Gasteiger partial charge in [0.25, 0.3) is 0 Å². The molecular weight excluding hydrogens is 1110 g/mol. The number of carbonyl (C=O) groups is 12. The number of hydrogen-bond acceptors (Lipinski definition) is 18. The van der Waals surface area contributed by atoms with Gasteiger partial charge in [0.05, 0.1) is 31.5 Å². The number of phenolic OH excluding ortho intramolecular Hbond substituents is 3. The molecule has 9 atom stereocenters. The number of carboxylic acids is 3. The van der Waals surface area contributed by atoms with Crippen LogP contribution in [-0.4, -0.2) is 180 Å². The van der Waals surface area contributed by atoms with E-state index in [1.807, 2.05) is 5.32 Å². The number of hydrogen-bond donors (Lipinski definition) is 19. The third-order valence-corrected chi connectivity index (χ3v) is 12.1. The van der Waals surface area contributed by atoms with Crippen LogP contribution in [0.4, 0.5) is 0 Å². The highest BCUT2D eigenvalue weighted by Gasteiger charge is 2.35. The SMILES string of the molecule is C[C@@H](O)[C@H](NC(=O)[C@H](CCC(=O)O)NC(=O)[C@H](Cc1ccc(O)cc1)NC(=O)[C@H](Cc1ccc(O)cc1)NC(=O)[C@H](CC(=O)O)NC(=O)CNC(=O)[C@H](CCCN=C(N)N)NC(=O)[C@H](Cc1ccc(O)cc1)NC(=O)[C@@H](N)CC(N)=O)C(=O)O. The lowest BCUT2D eigenvalue weighted by Crippen LogP contribution is -2.60. The molecule has 0 aliphatic heterocycles. The molecule has 32 nitrogen and oxygen atoms in total. The normalized spacial score (nSPS) is 14.0. The average molecular weight is 1180 g/mol. The molecule has 0 bridgehead atoms. The monoisotopic (exact) mass is 1180 g/mol. The maximum Gasteiger partial charge on any atom is 0.328 e. The van der Waals surface area contributed by atoms with Crippen LogP contribution < -0.4 is 65.5 Å². The predicted molar refractivity (Wildman–Crippen MR) is 292 cm³/mol. The minimum absolute atomic E-state index is 0.0349. The molecule has 0 saturated heterocycles. The fraction of sp³-hybridized carbons (Fsp3) is 0.404. The smallest absolute Gasteiger partial charge is 0.328 e. The molecular formula is C52H69N13O19. The molecule has 0 unspecified atom stereocenters. The minimum Gasteiger partial charge on any atom is -0.508 e. The number of guanidine groups is 1. The molecule has 32 heteroatoms. The van der Waals surface area contributed by atoms with E-state index < -0.39 is 171 Å². The van der Waals surface area contributed by atoms with E-state index >= 15 is 0 Å². The summed E-state index contributed by atoms with van der Waals surface area (Å²) < 4.78 is 0. The second-order valence-electron chi connectivity index (χ2n) is 19.1. The van der Waals surface area contributed by atoms with Crippen molar-refractivity contribution in [3.05, 3.63) is 89.5 Å². The number of primary amides is 1. The fourth-order valence-corrected chi connectivity index (χ4v) is 7.78. The van der Waals surface area contributed by atoms with Crippen LogP contribution in [0.3, 0.4) is 0 Å². The van der Waals surface area contributed by atoms with Gasteiger partial charge in [-0.1, -0.05) is 36.4 Å². The maximum atomic E-state index is 14.4. The molecule has 23 N–H and O–H groups in total. The number of carbonyl (C=O) groups excluding carboxylic acids is 9. The molecule has 0 spiro atoms. The predicted octanol–water partition coefficient (Wildman–Crippen LogP) is -5.60. The second kappa shape index (κ2) is 33.6. The van der Waals surface area contributed by atoms with Crippen molar-refractivity contribution in [2.75, 3.05) is 13.1 Å². The number of aliphatic carboxylic acids is 3. The standard InChI is InChI=1S/C52H69N13O19/c1-25(66)43(51(83)84)65-46(78)34(16-17-41(72)73)61-48(80)36(20-27-6-12-30(68)13-7-27)63-49(81)37(21-28-8-14-31(69)15-9-28)64-50(82)38(23-42(74)75)59-40(71)24-58-45(77)33(3-2-18-57-52(55)56)60-47(79)35(19-26-4-10-29(67)11-5-26)62-44(76)32(53)22-39(54)70/h4-15,25,32-38,43,66-69H,2-3,16-24,53H2,1H3,(H2,54,70)(H,58,77)(H,59,71)(H,60,79)(H,61,80)(H,62,76)(H,63,81)(H,64,82)(H,65,78)(H,72,73)(H,74,75)(H,83,84)(H4,55,56,57)/t25-,32+,33+,34+,35+,36+,37+,38+,43+/m1/s1. The Hall–Kier alpha value is -10.1. The van der Waals surface area contributed by atoms with Gasteiger partial charge in [-0.15, -0.1) is 0 Å². The largest absolute Gasteiger partial charge is 0.508 e. The fourth-order valence-electron chi connectivity index (χ4n) is 7.78. The summed E-state index contributed by atoms with van der Waals surface area (Å²) in [6.45, 7) is 0.00647. The lowest BCUT2D eigenvalue weighted by atomic mass is 10.0. The number of rotatable bonds is 35. The van der Waals surface area contributed by atoms with Crippen LogP contribution in [0.2, 0.25) is 0 Å². The van der Waals surface area contributed by atoms with Gasteiger partial charge in [-0.25, -0.2) is 4.79 Å². The van der Waals surface area contributed by atoms with E-state index in [0.717, 1.165) is 6.92 Å². The molecule has 0 fully saturated rings. The number of phenols is 3. The zero-order chi connectivity index (χ0) is 62.8. The van der Waals surface area contributed by atoms with E-state index in [4.69, 9.17) is 22.9 Å². The van der Waals surface area contributed by atoms with Crippen molar-refractivity contribution in [1.29, 1.82) is 0 Å². The first-order valence-corrected chi connectivity index (χ1v) is 25.7. The summed E-state index contributed by atoms with van der Waals surface area (Å²) in [5.74, 6) is -15.6. The van der Waals surface area contributed by atoms with Crippen molar-refractivity contribution in [2.24, 2.45) is 27.9 Å². The van der Waals surface area contributed by atoms with E-state index in [-0.39, 0.29) is 60.1 Å². The van der Waals surface area contributed by atoms with Gasteiger partial charge >= 0.3 is 17.9 Å². The molecule has 0 heterocycles. The lowest BCUT2D eigenvalue weighted by molar-refractivity contribution is -0.145. The number of aliphatic hydroxyl groups excluding tert-OH is 1. The van der Waals surface area contributed by atoms with Crippen LogP contribution in [0.25, 0.3) is 0 Å². The van der Waals surface area contributed by atoms with Gasteiger partial charge < -0.3 is 101 Å². The Labute approximate surface area is 478 Å². The van der Waals surface area contributed by atoms with E-state index in [1.165, 1.54) is 72.8 Å². The Morgan fingerprint density at radius 1 is 0.488 bits per heavy atom. The second-order valence-corrected chi connectivity index (χ2v) is 19.1. The molecule has 456 valence electrons. The Kier molecular flexibility index (Phi) is 27.3. The van der Waals surface area contributed by atoms with Gasteiger partial charge in [0.15, 0.2) is 12.0 Å². The Bertz CT molecular complexity index is 2850. The molecule has 3 aromatic rings. The zero-order valence-electron chi connectivity index (χ0n) is 45.2. The van der Waals surface area contributed by atoms with Crippen LogP contribution in [-0.2, 0) is 76.8 Å². The first-order chi connectivity index (χ1) is 39.5. The van der Waals surface area contributed by atoms with Gasteiger partial charge in [-0.05, 0) is 79.3 Å². The highest BCUT2D eigenvalue weighted by Crippen LogP contribution is 2.16. The van der Waals surface area contributed by atoms with Crippen molar-refractivity contribution in [1.82, 2.24) is 42.5 Å². The molecule has 9 amide bonds. The highest BCUT2D eigenvalue weighted by atomic mass is 16.4. The summed E-state index contributed by atoms with van der Waals surface area (Å²) in [6, 6.07) is 2.08. The number of carboxylic acid groups (broad SMARTS) is 3. The van der Waals surface area contributed by atoms with Gasteiger partial charge in [0, 0.05) is 32.2 Å². The summed E-state index contributed by atoms with van der Waals surface area (Å²) in [5.41, 5.74) is 22.8. The zero-order valence-corrected chi connectivity index (χ0v) is 45.2. The number of nitrogens with one attached hydrogen (secondary N) is 8. The Balaban J connectivity index is 1.94. The Morgan fingerprint density at radius 3 is 1.26 bits per heavy atom. The molecule has 0 aliphatic rings. The van der Waals surface area contributed by atoms with Crippen molar-refractivity contribution in [2.45, 2.75) is 119 Å². The Morgan fingerprint density at radius 2 is 0.881 bits per heavy atom. The van der Waals surface area contributed by atoms with Crippen molar-refractivity contribution in [3.63, 3.8) is 0 Å².